The van der Waals surface area contributed by atoms with Gasteiger partial charge in [0.2, 0.25) is 5.95 Å². The van der Waals surface area contributed by atoms with Crippen LogP contribution in [0.4, 0.5) is 0 Å². The first-order chi connectivity index (χ1) is 31.8. The van der Waals surface area contributed by atoms with Gasteiger partial charge >= 0.3 is 0 Å². The number of thiophene rings is 1. The van der Waals surface area contributed by atoms with Crippen LogP contribution in [-0.4, -0.2) is 28.7 Å². The Kier molecular flexibility index (Phi) is 7.46. The number of hydrogen-bond donors (Lipinski definition) is 0. The summed E-state index contributed by atoms with van der Waals surface area (Å²) in [6.45, 7) is 0. The van der Waals surface area contributed by atoms with Crippen molar-refractivity contribution < 1.29 is 0 Å². The number of fused-ring (bicyclic) bond motifs is 13. The number of para-hydroxylation sites is 4. The van der Waals surface area contributed by atoms with E-state index in [9.17, 15) is 0 Å². The summed E-state index contributed by atoms with van der Waals surface area (Å²) in [5, 5.41) is 9.38. The third kappa shape index (κ3) is 5.04. The highest BCUT2D eigenvalue weighted by atomic mass is 32.1. The summed E-state index contributed by atoms with van der Waals surface area (Å²) in [6, 6.07) is 73.7. The monoisotopic (exact) mass is 834 g/mol. The van der Waals surface area contributed by atoms with Gasteiger partial charge < -0.3 is 9.13 Å². The summed E-state index contributed by atoms with van der Waals surface area (Å²) in [5.74, 6) is 1.80. The first-order valence-electron chi connectivity index (χ1n) is 21.5. The summed E-state index contributed by atoms with van der Waals surface area (Å²) in [4.78, 5) is 16.3. The molecule has 9 aromatic carbocycles. The molecule has 0 saturated carbocycles. The third-order valence-corrected chi connectivity index (χ3v) is 14.0. The van der Waals surface area contributed by atoms with Crippen LogP contribution in [0.1, 0.15) is 0 Å². The van der Waals surface area contributed by atoms with Gasteiger partial charge in [-0.15, -0.1) is 11.3 Å². The van der Waals surface area contributed by atoms with Crippen molar-refractivity contribution >= 4 is 96.9 Å². The lowest BCUT2D eigenvalue weighted by atomic mass is 10.1. The average Bonchev–Trinajstić information content (AvgIpc) is 4.11. The number of benzene rings is 9. The van der Waals surface area contributed by atoms with Crippen molar-refractivity contribution in [3.05, 3.63) is 206 Å². The molecule has 0 bridgehead atoms. The summed E-state index contributed by atoms with van der Waals surface area (Å²) in [5.41, 5.74) is 10.7. The normalized spacial score (nSPS) is 12.1. The lowest BCUT2D eigenvalue weighted by molar-refractivity contribution is 0.954. The van der Waals surface area contributed by atoms with Gasteiger partial charge in [-0.3, -0.25) is 4.57 Å². The predicted molar refractivity (Wildman–Crippen MR) is 267 cm³/mol. The van der Waals surface area contributed by atoms with E-state index in [0.29, 0.717) is 17.6 Å². The average molecular weight is 835 g/mol. The molecule has 0 fully saturated rings. The van der Waals surface area contributed by atoms with Crippen molar-refractivity contribution in [1.29, 1.82) is 0 Å². The van der Waals surface area contributed by atoms with Crippen LogP contribution in [0, 0.1) is 0 Å². The standard InChI is InChI=1S/C57H34N6S/c1-3-16-35(17-4-1)55-58-56(44-24-15-29-51-52(44)43-23-10-14-28-50(43)64-51)60-57(59-55)63-49-33-30-37(61-46-25-11-7-20-38(46)39-21-8-12-26-47(39)61)34-45(49)42-32-31-41-40-22-9-13-27-48(40)62(53(41)54(42)63)36-18-5-2-6-19-36/h1-34H. The molecule has 0 saturated heterocycles. The van der Waals surface area contributed by atoms with Gasteiger partial charge in [-0.05, 0) is 60.7 Å². The number of rotatable bonds is 5. The molecular weight excluding hydrogens is 801 g/mol. The smallest absolute Gasteiger partial charge is 0.238 e. The second kappa shape index (κ2) is 13.6. The second-order valence-corrected chi connectivity index (χ2v) is 17.5. The van der Waals surface area contributed by atoms with Crippen molar-refractivity contribution in [2.24, 2.45) is 0 Å². The van der Waals surface area contributed by atoms with Crippen LogP contribution >= 0.6 is 11.3 Å². The predicted octanol–water partition coefficient (Wildman–Crippen LogP) is 14.9. The van der Waals surface area contributed by atoms with Gasteiger partial charge in [-0.1, -0.05) is 146 Å². The van der Waals surface area contributed by atoms with Crippen LogP contribution in [0.15, 0.2) is 206 Å². The van der Waals surface area contributed by atoms with E-state index in [2.05, 4.69) is 202 Å². The van der Waals surface area contributed by atoms with Crippen LogP contribution in [0.2, 0.25) is 0 Å². The first kappa shape index (κ1) is 35.2. The zero-order valence-electron chi connectivity index (χ0n) is 34.2. The van der Waals surface area contributed by atoms with Gasteiger partial charge in [0.25, 0.3) is 0 Å². The molecule has 6 nitrogen and oxygen atoms in total. The van der Waals surface area contributed by atoms with Crippen LogP contribution < -0.4 is 0 Å². The summed E-state index contributed by atoms with van der Waals surface area (Å²) in [7, 11) is 0. The Morgan fingerprint density at radius 1 is 0.328 bits per heavy atom. The molecule has 0 aliphatic heterocycles. The molecule has 298 valence electrons. The van der Waals surface area contributed by atoms with Crippen molar-refractivity contribution in [2.45, 2.75) is 0 Å². The molecule has 0 aliphatic carbocycles. The van der Waals surface area contributed by atoms with Gasteiger partial charge in [0.05, 0.1) is 33.1 Å². The topological polar surface area (TPSA) is 53.5 Å². The summed E-state index contributed by atoms with van der Waals surface area (Å²) in [6.07, 6.45) is 0. The fraction of sp³-hybridized carbons (Fsp3) is 0. The number of nitrogens with zero attached hydrogens (tertiary/aromatic N) is 6. The molecule has 0 amide bonds. The Morgan fingerprint density at radius 3 is 1.61 bits per heavy atom. The van der Waals surface area contributed by atoms with E-state index in [-0.39, 0.29) is 0 Å². The fourth-order valence-corrected chi connectivity index (χ4v) is 11.3. The zero-order chi connectivity index (χ0) is 41.9. The van der Waals surface area contributed by atoms with E-state index < -0.39 is 0 Å². The highest BCUT2D eigenvalue weighted by Crippen LogP contribution is 2.44. The van der Waals surface area contributed by atoms with E-state index in [1.54, 1.807) is 11.3 Å². The van der Waals surface area contributed by atoms with Crippen LogP contribution in [0.3, 0.4) is 0 Å². The Morgan fingerprint density at radius 2 is 0.875 bits per heavy atom. The lowest BCUT2D eigenvalue weighted by Crippen LogP contribution is -2.07. The first-order valence-corrected chi connectivity index (χ1v) is 22.4. The minimum absolute atomic E-state index is 0.558. The van der Waals surface area contributed by atoms with Gasteiger partial charge in [0.1, 0.15) is 0 Å². The van der Waals surface area contributed by atoms with Crippen molar-refractivity contribution in [3.8, 4) is 40.1 Å². The lowest BCUT2D eigenvalue weighted by Gasteiger charge is -2.14. The fourth-order valence-electron chi connectivity index (χ4n) is 10.2. The van der Waals surface area contributed by atoms with E-state index in [0.717, 1.165) is 66.1 Å². The molecule has 0 N–H and O–H groups in total. The van der Waals surface area contributed by atoms with Crippen LogP contribution in [0.5, 0.6) is 0 Å². The quantitative estimate of drug-likeness (QED) is 0.174. The largest absolute Gasteiger partial charge is 0.309 e. The highest BCUT2D eigenvalue weighted by Gasteiger charge is 2.25. The molecular formula is C57H34N6S. The van der Waals surface area contributed by atoms with E-state index >= 15 is 0 Å². The van der Waals surface area contributed by atoms with Crippen molar-refractivity contribution in [1.82, 2.24) is 28.7 Å². The van der Waals surface area contributed by atoms with E-state index in [1.807, 2.05) is 18.2 Å². The highest BCUT2D eigenvalue weighted by molar-refractivity contribution is 7.25. The van der Waals surface area contributed by atoms with Crippen LogP contribution in [0.25, 0.3) is 126 Å². The molecule has 0 atom stereocenters. The molecule has 14 rings (SSSR count). The van der Waals surface area contributed by atoms with Crippen molar-refractivity contribution in [3.63, 3.8) is 0 Å². The van der Waals surface area contributed by atoms with Crippen LogP contribution in [-0.2, 0) is 0 Å². The Hall–Kier alpha value is -8.39. The van der Waals surface area contributed by atoms with Gasteiger partial charge in [-0.25, -0.2) is 4.98 Å². The molecule has 0 unspecified atom stereocenters. The number of hydrogen-bond acceptors (Lipinski definition) is 4. The SMILES string of the molecule is c1ccc(-c2nc(-c3cccc4sc5ccccc5c34)nc(-n3c4ccc(-n5c6ccccc6c6ccccc65)cc4c4ccc5c6ccccc6n(-c6ccccc6)c5c43)n2)cc1. The minimum Gasteiger partial charge on any atom is -0.309 e. The van der Waals surface area contributed by atoms with E-state index in [4.69, 9.17) is 15.0 Å². The van der Waals surface area contributed by atoms with Gasteiger partial charge in [0, 0.05) is 75.0 Å². The summed E-state index contributed by atoms with van der Waals surface area (Å²) >= 11 is 1.80. The maximum absolute atomic E-state index is 5.56. The Labute approximate surface area is 370 Å². The summed E-state index contributed by atoms with van der Waals surface area (Å²) < 4.78 is 9.54. The van der Waals surface area contributed by atoms with Gasteiger partial charge in [0.15, 0.2) is 11.6 Å². The maximum Gasteiger partial charge on any atom is 0.238 e. The molecule has 64 heavy (non-hydrogen) atoms. The zero-order valence-corrected chi connectivity index (χ0v) is 35.0. The minimum atomic E-state index is 0.558. The molecule has 14 aromatic rings. The molecule has 7 heteroatoms. The Balaban J connectivity index is 1.15. The maximum atomic E-state index is 5.56. The Bertz CT molecular complexity index is 4140. The second-order valence-electron chi connectivity index (χ2n) is 16.4. The molecule has 0 aliphatic rings. The number of aromatic nitrogens is 6. The van der Waals surface area contributed by atoms with Crippen molar-refractivity contribution in [2.75, 3.05) is 0 Å². The molecule has 0 spiro atoms. The van der Waals surface area contributed by atoms with Gasteiger partial charge in [-0.2, -0.15) is 9.97 Å². The molecule has 5 heterocycles. The van der Waals surface area contributed by atoms with E-state index in [1.165, 1.54) is 42.0 Å². The third-order valence-electron chi connectivity index (χ3n) is 12.9. The molecule has 5 aromatic heterocycles. The molecule has 0 radical (unpaired) electrons.